The van der Waals surface area contributed by atoms with Crippen LogP contribution in [0.4, 0.5) is 10.8 Å². The van der Waals surface area contributed by atoms with Crippen molar-refractivity contribution in [1.29, 1.82) is 0 Å². The van der Waals surface area contributed by atoms with Gasteiger partial charge in [0.2, 0.25) is 5.13 Å². The van der Waals surface area contributed by atoms with Gasteiger partial charge in [0.25, 0.3) is 5.56 Å². The summed E-state index contributed by atoms with van der Waals surface area (Å²) >= 11 is 2.96. The average Bonchev–Trinajstić information content (AvgIpc) is 3.17. The molecular formula is C19H17N5O2S2. The summed E-state index contributed by atoms with van der Waals surface area (Å²) in [5.74, 6) is 2.04. The molecule has 0 amide bonds. The van der Waals surface area contributed by atoms with Crippen molar-refractivity contribution in [3.8, 4) is 5.75 Å². The molecular weight excluding hydrogens is 394 g/mol. The number of hydrogen-bond donors (Lipinski definition) is 1. The summed E-state index contributed by atoms with van der Waals surface area (Å²) in [7, 11) is 3.38. The predicted octanol–water partition coefficient (Wildman–Crippen LogP) is 3.83. The molecule has 2 heterocycles. The lowest BCUT2D eigenvalue weighted by atomic mass is 10.2. The normalized spacial score (nSPS) is 10.9. The second kappa shape index (κ2) is 7.99. The first-order valence-electron chi connectivity index (χ1n) is 8.46. The van der Waals surface area contributed by atoms with Gasteiger partial charge in [0.1, 0.15) is 11.6 Å². The molecule has 0 aliphatic carbocycles. The van der Waals surface area contributed by atoms with Crippen molar-refractivity contribution in [3.63, 3.8) is 0 Å². The maximum absolute atomic E-state index is 12.5. The van der Waals surface area contributed by atoms with E-state index in [1.54, 1.807) is 24.8 Å². The first-order valence-corrected chi connectivity index (χ1v) is 10.3. The van der Waals surface area contributed by atoms with Crippen LogP contribution in [0.5, 0.6) is 5.75 Å². The molecule has 28 heavy (non-hydrogen) atoms. The molecule has 142 valence electrons. The topological polar surface area (TPSA) is 81.9 Å². The molecule has 0 spiro atoms. The summed E-state index contributed by atoms with van der Waals surface area (Å²) in [5.41, 5.74) is 1.58. The van der Waals surface area contributed by atoms with E-state index in [2.05, 4.69) is 20.5 Å². The summed E-state index contributed by atoms with van der Waals surface area (Å²) < 4.78 is 7.55. The van der Waals surface area contributed by atoms with Crippen LogP contribution in [0.1, 0.15) is 5.82 Å². The number of benzene rings is 2. The van der Waals surface area contributed by atoms with E-state index in [0.29, 0.717) is 27.6 Å². The van der Waals surface area contributed by atoms with Crippen molar-refractivity contribution in [3.05, 3.63) is 64.7 Å². The molecule has 2 aromatic carbocycles. The van der Waals surface area contributed by atoms with Gasteiger partial charge in [-0.15, -0.1) is 10.2 Å². The van der Waals surface area contributed by atoms with Crippen molar-refractivity contribution in [2.45, 2.75) is 10.1 Å². The molecule has 0 bridgehead atoms. The van der Waals surface area contributed by atoms with Crippen molar-refractivity contribution in [2.75, 3.05) is 12.4 Å². The standard InChI is InChI=1S/C19H17N5O2S2/c1-24-16(21-15-6-4-3-5-14(15)17(24)25)11-27-19-23-22-18(28-19)20-12-7-9-13(26-2)10-8-12/h3-10H,11H2,1-2H3,(H,20,22). The molecule has 0 saturated carbocycles. The van der Waals surface area contributed by atoms with Crippen LogP contribution in [0.2, 0.25) is 0 Å². The second-order valence-electron chi connectivity index (χ2n) is 5.92. The maximum Gasteiger partial charge on any atom is 0.261 e. The number of hydrogen-bond acceptors (Lipinski definition) is 8. The molecule has 0 radical (unpaired) electrons. The van der Waals surface area contributed by atoms with E-state index in [1.807, 2.05) is 42.5 Å². The highest BCUT2D eigenvalue weighted by Gasteiger charge is 2.11. The highest BCUT2D eigenvalue weighted by Crippen LogP contribution is 2.30. The number of nitrogens with zero attached hydrogens (tertiary/aromatic N) is 4. The minimum absolute atomic E-state index is 0.0414. The summed E-state index contributed by atoms with van der Waals surface area (Å²) in [6, 6.07) is 15.0. The molecule has 0 saturated heterocycles. The molecule has 0 unspecified atom stereocenters. The van der Waals surface area contributed by atoms with E-state index in [4.69, 9.17) is 4.74 Å². The van der Waals surface area contributed by atoms with E-state index >= 15 is 0 Å². The molecule has 9 heteroatoms. The van der Waals surface area contributed by atoms with E-state index in [-0.39, 0.29) is 5.56 Å². The maximum atomic E-state index is 12.5. The van der Waals surface area contributed by atoms with Gasteiger partial charge in [-0.05, 0) is 36.4 Å². The molecule has 0 fully saturated rings. The molecule has 0 aliphatic heterocycles. The molecule has 4 aromatic rings. The third-order valence-corrected chi connectivity index (χ3v) is 6.12. The van der Waals surface area contributed by atoms with Crippen LogP contribution in [0.15, 0.2) is 57.7 Å². The number of methoxy groups -OCH3 is 1. The molecule has 1 N–H and O–H groups in total. The number of para-hydroxylation sites is 1. The summed E-state index contributed by atoms with van der Waals surface area (Å²) in [6.45, 7) is 0. The Labute approximate surface area is 169 Å². The third kappa shape index (κ3) is 3.85. The highest BCUT2D eigenvalue weighted by molar-refractivity contribution is 8.00. The van der Waals surface area contributed by atoms with Gasteiger partial charge in [0.05, 0.1) is 23.8 Å². The van der Waals surface area contributed by atoms with E-state index in [1.165, 1.54) is 23.1 Å². The third-order valence-electron chi connectivity index (χ3n) is 4.15. The number of fused-ring (bicyclic) bond motifs is 1. The average molecular weight is 412 g/mol. The monoisotopic (exact) mass is 411 g/mol. The Kier molecular flexibility index (Phi) is 5.27. The van der Waals surface area contributed by atoms with E-state index in [9.17, 15) is 4.79 Å². The van der Waals surface area contributed by atoms with Crippen LogP contribution >= 0.6 is 23.1 Å². The molecule has 4 rings (SSSR count). The first kappa shape index (κ1) is 18.5. The lowest BCUT2D eigenvalue weighted by Crippen LogP contribution is -2.21. The van der Waals surface area contributed by atoms with Crippen LogP contribution < -0.4 is 15.6 Å². The van der Waals surface area contributed by atoms with Gasteiger partial charge >= 0.3 is 0 Å². The molecule has 0 aliphatic rings. The fraction of sp³-hybridized carbons (Fsp3) is 0.158. The Balaban J connectivity index is 1.46. The quantitative estimate of drug-likeness (QED) is 0.483. The second-order valence-corrected chi connectivity index (χ2v) is 8.12. The van der Waals surface area contributed by atoms with Crippen LogP contribution in [0.3, 0.4) is 0 Å². The molecule has 2 aromatic heterocycles. The number of thioether (sulfide) groups is 1. The van der Waals surface area contributed by atoms with Crippen molar-refractivity contribution < 1.29 is 4.74 Å². The van der Waals surface area contributed by atoms with Crippen molar-refractivity contribution in [2.24, 2.45) is 7.05 Å². The number of ether oxygens (including phenoxy) is 1. The van der Waals surface area contributed by atoms with Crippen LogP contribution in [0, 0.1) is 0 Å². The van der Waals surface area contributed by atoms with Gasteiger partial charge in [0.15, 0.2) is 4.34 Å². The van der Waals surface area contributed by atoms with Crippen LogP contribution in [-0.4, -0.2) is 26.9 Å². The van der Waals surface area contributed by atoms with Gasteiger partial charge in [-0.2, -0.15) is 0 Å². The van der Waals surface area contributed by atoms with Crippen LogP contribution in [-0.2, 0) is 12.8 Å². The zero-order valence-corrected chi connectivity index (χ0v) is 16.9. The lowest BCUT2D eigenvalue weighted by molar-refractivity contribution is 0.415. The largest absolute Gasteiger partial charge is 0.497 e. The molecule has 0 atom stereocenters. The Morgan fingerprint density at radius 2 is 1.93 bits per heavy atom. The Bertz CT molecular complexity index is 1170. The minimum atomic E-state index is -0.0414. The predicted molar refractivity (Wildman–Crippen MR) is 113 cm³/mol. The molecule has 7 nitrogen and oxygen atoms in total. The van der Waals surface area contributed by atoms with E-state index < -0.39 is 0 Å². The zero-order valence-electron chi connectivity index (χ0n) is 15.2. The highest BCUT2D eigenvalue weighted by atomic mass is 32.2. The van der Waals surface area contributed by atoms with E-state index in [0.717, 1.165) is 15.8 Å². The Morgan fingerprint density at radius 1 is 1.14 bits per heavy atom. The van der Waals surface area contributed by atoms with Gasteiger partial charge in [-0.25, -0.2) is 4.98 Å². The SMILES string of the molecule is COc1ccc(Nc2nnc(SCc3nc4ccccc4c(=O)n3C)s2)cc1. The van der Waals surface area contributed by atoms with Gasteiger partial charge in [-0.1, -0.05) is 35.2 Å². The number of aromatic nitrogens is 4. The minimum Gasteiger partial charge on any atom is -0.497 e. The fourth-order valence-electron chi connectivity index (χ4n) is 2.64. The van der Waals surface area contributed by atoms with Gasteiger partial charge in [0, 0.05) is 12.7 Å². The summed E-state index contributed by atoms with van der Waals surface area (Å²) in [5, 5.41) is 12.9. The van der Waals surface area contributed by atoms with Gasteiger partial charge in [-0.3, -0.25) is 9.36 Å². The summed E-state index contributed by atoms with van der Waals surface area (Å²) in [6.07, 6.45) is 0. The first-order chi connectivity index (χ1) is 13.6. The Morgan fingerprint density at radius 3 is 2.71 bits per heavy atom. The van der Waals surface area contributed by atoms with Crippen molar-refractivity contribution in [1.82, 2.24) is 19.7 Å². The van der Waals surface area contributed by atoms with Gasteiger partial charge < -0.3 is 10.1 Å². The lowest BCUT2D eigenvalue weighted by Gasteiger charge is -2.07. The zero-order chi connectivity index (χ0) is 19.5. The number of nitrogens with one attached hydrogen (secondary N) is 1. The van der Waals surface area contributed by atoms with Crippen molar-refractivity contribution >= 4 is 44.8 Å². The number of anilines is 2. The number of rotatable bonds is 6. The summed E-state index contributed by atoms with van der Waals surface area (Å²) in [4.78, 5) is 17.1. The fourth-order valence-corrected chi connectivity index (χ4v) is 4.39. The smallest absolute Gasteiger partial charge is 0.261 e. The Hall–Kier alpha value is -2.91. The van der Waals surface area contributed by atoms with Crippen LogP contribution in [0.25, 0.3) is 10.9 Å².